The number of amides is 1. The van der Waals surface area contributed by atoms with Crippen molar-refractivity contribution in [3.05, 3.63) is 92.4 Å². The molecule has 1 aromatic carbocycles. The summed E-state index contributed by atoms with van der Waals surface area (Å²) in [5.41, 5.74) is -1.18. The molecule has 0 saturated carbocycles. The summed E-state index contributed by atoms with van der Waals surface area (Å²) >= 11 is 0. The molecule has 1 amide bonds. The molecule has 0 unspecified atom stereocenters. The number of Topliss-reactive ketones (excluding diaryl/α,β-unsaturated/α-hetero) is 2. The number of methoxy groups -OCH3 is 1. The van der Waals surface area contributed by atoms with Gasteiger partial charge in [-0.1, -0.05) is 45.9 Å². The van der Waals surface area contributed by atoms with Crippen LogP contribution in [0.1, 0.15) is 105 Å². The van der Waals surface area contributed by atoms with Crippen LogP contribution in [-0.4, -0.2) is 127 Å². The van der Waals surface area contributed by atoms with E-state index in [-0.39, 0.29) is 63.5 Å². The summed E-state index contributed by atoms with van der Waals surface area (Å²) in [5, 5.41) is 42.3. The van der Waals surface area contributed by atoms with Gasteiger partial charge in [-0.15, -0.1) is 4.91 Å². The number of esters is 1. The number of benzene rings is 1. The van der Waals surface area contributed by atoms with Gasteiger partial charge in [0.2, 0.25) is 5.78 Å². The van der Waals surface area contributed by atoms with Crippen molar-refractivity contribution in [1.82, 2.24) is 24.8 Å². The van der Waals surface area contributed by atoms with Gasteiger partial charge in [-0.25, -0.2) is 4.98 Å². The van der Waals surface area contributed by atoms with Crippen LogP contribution in [0.25, 0.3) is 0 Å². The molecule has 2 aromatic rings. The molecule has 0 radical (unpaired) electrons. The Balaban J connectivity index is 1.35. The average Bonchev–Trinajstić information content (AvgIpc) is 3.90. The van der Waals surface area contributed by atoms with Gasteiger partial charge in [-0.05, 0) is 33.8 Å². The average molecular weight is 942 g/mol. The highest BCUT2D eigenvalue weighted by atomic mass is 16.7. The van der Waals surface area contributed by atoms with Crippen LogP contribution in [-0.2, 0) is 30.3 Å². The molecule has 366 valence electrons. The third-order valence-electron chi connectivity index (χ3n) is 14.5. The number of phenols is 1. The number of fused-ring (bicyclic) bond motifs is 3. The molecule has 1 aliphatic carbocycles. The van der Waals surface area contributed by atoms with E-state index in [1.165, 1.54) is 53.2 Å². The molecule has 4 N–H and O–H groups in total. The Morgan fingerprint density at radius 1 is 0.971 bits per heavy atom. The van der Waals surface area contributed by atoms with Gasteiger partial charge in [0, 0.05) is 112 Å². The maximum absolute atomic E-state index is 15.0. The van der Waals surface area contributed by atoms with Gasteiger partial charge in [-0.3, -0.25) is 24.2 Å². The number of aromatic nitrogens is 2. The van der Waals surface area contributed by atoms with Crippen molar-refractivity contribution in [3.8, 4) is 11.5 Å². The largest absolute Gasteiger partial charge is 0.507 e. The number of aliphatic hydroxyl groups excluding tert-OH is 2. The summed E-state index contributed by atoms with van der Waals surface area (Å²) in [7, 11) is 1.44. The molecule has 5 aliphatic rings. The number of aliphatic imine (C=N–C) groups is 1. The van der Waals surface area contributed by atoms with Crippen molar-refractivity contribution in [3.63, 3.8) is 0 Å². The molecule has 1 fully saturated rings. The van der Waals surface area contributed by atoms with E-state index in [1.807, 2.05) is 20.0 Å². The third-order valence-corrected chi connectivity index (χ3v) is 14.5. The number of likely N-dealkylation sites (tertiary alicyclic amines) is 1. The van der Waals surface area contributed by atoms with Gasteiger partial charge in [0.15, 0.2) is 5.66 Å². The van der Waals surface area contributed by atoms with Crippen molar-refractivity contribution < 1.29 is 53.4 Å². The second kappa shape index (κ2) is 19.2. The number of hydrogen-bond acceptors (Lipinski definition) is 16. The number of phenolic OH excluding ortho intramolecular Hbond substituents is 1. The number of nitrogens with one attached hydrogen (secondary N) is 1. The van der Waals surface area contributed by atoms with Crippen molar-refractivity contribution in [2.45, 2.75) is 124 Å². The van der Waals surface area contributed by atoms with Crippen LogP contribution >= 0.6 is 0 Å². The van der Waals surface area contributed by atoms with Crippen molar-refractivity contribution in [2.75, 3.05) is 26.7 Å². The number of piperidine rings is 1. The van der Waals surface area contributed by atoms with Crippen LogP contribution < -0.4 is 10.1 Å². The molecule has 7 rings (SSSR count). The molecule has 5 heterocycles. The predicted octanol–water partition coefficient (Wildman–Crippen LogP) is 4.87. The smallest absolute Gasteiger partial charge is 0.312 e. The molecular formula is C49H63N7O12. The Morgan fingerprint density at radius 2 is 1.66 bits per heavy atom. The second-order valence-corrected chi connectivity index (χ2v) is 19.0. The predicted molar refractivity (Wildman–Crippen MR) is 248 cm³/mol. The number of rotatable bonds is 6. The molecule has 5 bridgehead atoms. The van der Waals surface area contributed by atoms with Gasteiger partial charge in [-0.2, -0.15) is 5.01 Å². The molecule has 9 atom stereocenters. The first kappa shape index (κ1) is 49.9. The van der Waals surface area contributed by atoms with Gasteiger partial charge in [0.05, 0.1) is 46.7 Å². The maximum Gasteiger partial charge on any atom is 0.312 e. The summed E-state index contributed by atoms with van der Waals surface area (Å²) in [5.74, 6) is -7.31. The van der Waals surface area contributed by atoms with Crippen LogP contribution in [0.3, 0.4) is 0 Å². The van der Waals surface area contributed by atoms with Gasteiger partial charge >= 0.3 is 11.8 Å². The minimum atomic E-state index is -2.07. The first-order valence-corrected chi connectivity index (χ1v) is 23.1. The number of carbonyl (C=O) groups is 4. The van der Waals surface area contributed by atoms with Crippen LogP contribution in [0, 0.1) is 49.3 Å². The minimum absolute atomic E-state index is 0.00934. The number of ether oxygens (including phenoxy) is 4. The summed E-state index contributed by atoms with van der Waals surface area (Å²) in [6.07, 6.45) is 5.83. The fraction of sp³-hybridized carbons (Fsp3) is 0.551. The number of allylic oxidation sites excluding steroid dienone is 4. The van der Waals surface area contributed by atoms with E-state index in [2.05, 4.69) is 25.1 Å². The maximum atomic E-state index is 15.0. The highest BCUT2D eigenvalue weighted by Gasteiger charge is 2.57. The number of nitroso groups, excluding NO2 is 1. The van der Waals surface area contributed by atoms with E-state index in [4.69, 9.17) is 23.9 Å². The summed E-state index contributed by atoms with van der Waals surface area (Å²) in [4.78, 5) is 81.4. The van der Waals surface area contributed by atoms with E-state index >= 15 is 0 Å². The Hall–Kier alpha value is -6.02. The molecular weight excluding hydrogens is 879 g/mol. The fourth-order valence-electron chi connectivity index (χ4n) is 10.2. The van der Waals surface area contributed by atoms with Crippen LogP contribution in [0.15, 0.2) is 64.0 Å². The number of ketones is 2. The zero-order valence-corrected chi connectivity index (χ0v) is 40.5. The summed E-state index contributed by atoms with van der Waals surface area (Å²) in [6, 6.07) is 0. The lowest BCUT2D eigenvalue weighted by Gasteiger charge is -2.40. The Bertz CT molecular complexity index is 2530. The van der Waals surface area contributed by atoms with Gasteiger partial charge in [0.1, 0.15) is 34.8 Å². The van der Waals surface area contributed by atoms with E-state index in [9.17, 15) is 39.4 Å². The van der Waals surface area contributed by atoms with E-state index in [0.29, 0.717) is 26.2 Å². The zero-order valence-electron chi connectivity index (χ0n) is 40.5. The quantitative estimate of drug-likeness (QED) is 0.223. The number of aliphatic hydroxyl groups is 2. The standard InChI is InChI=1S/C49H63N7O12/c1-24-13-12-14-25(2)47(63)51-38-39-37(52-49(56(39)53-64)16-18-54(19-17-49)20-21-55-26(3)23-50-31(55)8)34-35(43(38)61)42(60)30(7)45-36(34)46(62)48(10,68-45)66-22-15-33(65-11)27(4)44(67-32(9)57)29(6)41(59)28(5)40(24)58/h12-15,22-24,27-29,33,40-41,44,58-60H,16-21H2,1-11H3,(H,51,63)/t24-,27+,28+,29+,33-,40-,41+,44+,48-/m0/s1. The van der Waals surface area contributed by atoms with Gasteiger partial charge < -0.3 is 49.1 Å². The fourth-order valence-corrected chi connectivity index (χ4v) is 10.2. The SMILES string of the molecule is CO[C@H]1C=CO[C@@]2(C)Oc3c(C)c(O)c4c(c3C2=O)C2=NC3(CCN(CCn5c(C)cnc5C)CC3)N(N=O)C2=C(NC(=O)C(C)=CC=C[C@H](C)[C@H](O)[C@@H](C)[C@@H](O)[C@@H](C)[C@H](OC(C)=O)[C@@H]1C)C4=O. The molecule has 1 aromatic heterocycles. The lowest BCUT2D eigenvalue weighted by Crippen LogP contribution is -2.50. The Labute approximate surface area is 395 Å². The molecule has 68 heavy (non-hydrogen) atoms. The number of carbonyl (C=O) groups excluding carboxylic acids is 4. The van der Waals surface area contributed by atoms with Crippen molar-refractivity contribution in [1.29, 1.82) is 0 Å². The lowest BCUT2D eigenvalue weighted by molar-refractivity contribution is -0.160. The van der Waals surface area contributed by atoms with Crippen molar-refractivity contribution >= 4 is 29.2 Å². The topological polar surface area (TPSA) is 244 Å². The lowest BCUT2D eigenvalue weighted by atomic mass is 9.78. The molecule has 1 spiro atoms. The monoisotopic (exact) mass is 941 g/mol. The Morgan fingerprint density at radius 3 is 2.28 bits per heavy atom. The van der Waals surface area contributed by atoms with Crippen LogP contribution in [0.4, 0.5) is 0 Å². The van der Waals surface area contributed by atoms with Crippen molar-refractivity contribution in [2.24, 2.45) is 33.9 Å². The number of nitrogens with zero attached hydrogens (tertiary/aromatic N) is 6. The van der Waals surface area contributed by atoms with Gasteiger partial charge in [0.25, 0.3) is 11.7 Å². The second-order valence-electron chi connectivity index (χ2n) is 19.0. The highest BCUT2D eigenvalue weighted by Crippen LogP contribution is 2.52. The number of aromatic hydroxyl groups is 1. The normalized spacial score (nSPS) is 29.9. The molecule has 1 saturated heterocycles. The van der Waals surface area contributed by atoms with E-state index in [1.54, 1.807) is 39.8 Å². The zero-order chi connectivity index (χ0) is 49.7. The Kier molecular flexibility index (Phi) is 14.1. The molecule has 4 aliphatic heterocycles. The first-order chi connectivity index (χ1) is 32.1. The summed E-state index contributed by atoms with van der Waals surface area (Å²) < 4.78 is 26.1. The number of aryl methyl sites for hydroxylation is 2. The van der Waals surface area contributed by atoms with E-state index in [0.717, 1.165) is 16.5 Å². The van der Waals surface area contributed by atoms with Crippen LogP contribution in [0.2, 0.25) is 0 Å². The summed E-state index contributed by atoms with van der Waals surface area (Å²) in [6.45, 7) is 18.8. The number of imidazole rings is 1. The highest BCUT2D eigenvalue weighted by molar-refractivity contribution is 6.34. The minimum Gasteiger partial charge on any atom is -0.507 e. The number of hydrogen-bond donors (Lipinski definition) is 4. The molecule has 19 heteroatoms. The molecule has 19 nitrogen and oxygen atoms in total. The van der Waals surface area contributed by atoms with E-state index < -0.39 is 88.7 Å². The first-order valence-electron chi connectivity index (χ1n) is 23.1. The van der Waals surface area contributed by atoms with Crippen LogP contribution in [0.5, 0.6) is 11.5 Å². The third kappa shape index (κ3) is 8.69.